The largest absolute Gasteiger partial charge is 0.479 e. The van der Waals surface area contributed by atoms with Gasteiger partial charge in [-0.1, -0.05) is 0 Å². The van der Waals surface area contributed by atoms with E-state index in [1.165, 1.54) is 23.2 Å². The van der Waals surface area contributed by atoms with Crippen LogP contribution in [0.25, 0.3) is 10.9 Å². The first kappa shape index (κ1) is 17.0. The molecule has 1 saturated heterocycles. The number of hydrogen-bond donors (Lipinski definition) is 1. The molecule has 0 saturated carbocycles. The summed E-state index contributed by atoms with van der Waals surface area (Å²) in [5.74, 6) is -1.46. The van der Waals surface area contributed by atoms with Gasteiger partial charge in [-0.25, -0.2) is 4.79 Å². The van der Waals surface area contributed by atoms with Crippen LogP contribution in [0.3, 0.4) is 0 Å². The van der Waals surface area contributed by atoms with Crippen molar-refractivity contribution in [2.45, 2.75) is 18.4 Å². The molecule has 1 N–H and O–H groups in total. The highest BCUT2D eigenvalue weighted by molar-refractivity contribution is 5.95. The summed E-state index contributed by atoms with van der Waals surface area (Å²) in [6.07, 6.45) is -7.04. The number of carboxylic acid groups (broad SMARTS) is 1. The molecule has 2 aromatic rings. The number of fused-ring (bicyclic) bond motifs is 1. The molecule has 0 bridgehead atoms. The number of alkyl halides is 3. The third kappa shape index (κ3) is 3.21. The number of morpholine rings is 1. The standard InChI is InChI=1S/C16H12F3N3O3/c17-16(18,19)13-8-22(7-12(25-13)15(23)24)11-4-3-9(6-20)14-10(11)2-1-5-21-14/h1-5,12-13H,7-8H2,(H,23,24). The van der Waals surface area contributed by atoms with Crippen molar-refractivity contribution in [2.24, 2.45) is 0 Å². The molecule has 1 aromatic carbocycles. The van der Waals surface area contributed by atoms with E-state index in [0.717, 1.165) is 0 Å². The second kappa shape index (κ2) is 6.22. The quantitative estimate of drug-likeness (QED) is 0.894. The fourth-order valence-electron chi connectivity index (χ4n) is 2.80. The predicted octanol–water partition coefficient (Wildman–Crippen LogP) is 2.33. The summed E-state index contributed by atoms with van der Waals surface area (Å²) in [5.41, 5.74) is 1.02. The minimum absolute atomic E-state index is 0.238. The molecular formula is C16H12F3N3O3. The van der Waals surface area contributed by atoms with Gasteiger partial charge in [0.05, 0.1) is 24.2 Å². The molecule has 0 amide bonds. The number of benzene rings is 1. The zero-order valence-electron chi connectivity index (χ0n) is 12.7. The summed E-state index contributed by atoms with van der Waals surface area (Å²) < 4.78 is 44.0. The molecule has 2 atom stereocenters. The van der Waals surface area contributed by atoms with Crippen LogP contribution < -0.4 is 4.90 Å². The zero-order chi connectivity index (χ0) is 18.2. The topological polar surface area (TPSA) is 86.5 Å². The molecule has 25 heavy (non-hydrogen) atoms. The van der Waals surface area contributed by atoms with E-state index in [-0.39, 0.29) is 12.1 Å². The molecule has 2 heterocycles. The maximum Gasteiger partial charge on any atom is 0.416 e. The van der Waals surface area contributed by atoms with Gasteiger partial charge in [0.2, 0.25) is 0 Å². The summed E-state index contributed by atoms with van der Waals surface area (Å²) in [6, 6.07) is 8.17. The number of nitrogens with zero attached hydrogens (tertiary/aromatic N) is 3. The fourth-order valence-corrected chi connectivity index (χ4v) is 2.80. The Morgan fingerprint density at radius 3 is 2.76 bits per heavy atom. The monoisotopic (exact) mass is 351 g/mol. The third-order valence-electron chi connectivity index (χ3n) is 3.95. The van der Waals surface area contributed by atoms with E-state index in [1.807, 2.05) is 6.07 Å². The Hall–Kier alpha value is -2.86. The van der Waals surface area contributed by atoms with Gasteiger partial charge in [-0.15, -0.1) is 0 Å². The summed E-state index contributed by atoms with van der Waals surface area (Å²) in [7, 11) is 0. The van der Waals surface area contributed by atoms with E-state index in [0.29, 0.717) is 16.6 Å². The van der Waals surface area contributed by atoms with E-state index < -0.39 is 30.9 Å². The van der Waals surface area contributed by atoms with Gasteiger partial charge < -0.3 is 14.7 Å². The Kier molecular flexibility index (Phi) is 4.22. The van der Waals surface area contributed by atoms with Crippen molar-refractivity contribution in [3.05, 3.63) is 36.0 Å². The number of nitriles is 1. The molecule has 0 aliphatic carbocycles. The fraction of sp³-hybridized carbons (Fsp3) is 0.312. The molecule has 9 heteroatoms. The maximum atomic E-state index is 13.1. The van der Waals surface area contributed by atoms with Gasteiger partial charge in [0.1, 0.15) is 6.07 Å². The number of hydrogen-bond acceptors (Lipinski definition) is 5. The van der Waals surface area contributed by atoms with Crippen LogP contribution in [0.15, 0.2) is 30.5 Å². The Morgan fingerprint density at radius 1 is 1.36 bits per heavy atom. The van der Waals surface area contributed by atoms with E-state index in [4.69, 9.17) is 10.4 Å². The van der Waals surface area contributed by atoms with Gasteiger partial charge in [-0.05, 0) is 24.3 Å². The van der Waals surface area contributed by atoms with E-state index in [9.17, 15) is 18.0 Å². The number of anilines is 1. The number of aromatic nitrogens is 1. The highest BCUT2D eigenvalue weighted by atomic mass is 19.4. The maximum absolute atomic E-state index is 13.1. The summed E-state index contributed by atoms with van der Waals surface area (Å²) in [4.78, 5) is 16.6. The predicted molar refractivity (Wildman–Crippen MR) is 81.0 cm³/mol. The first-order valence-electron chi connectivity index (χ1n) is 7.29. The number of halogens is 3. The van der Waals surface area contributed by atoms with Gasteiger partial charge in [-0.2, -0.15) is 18.4 Å². The van der Waals surface area contributed by atoms with Crippen LogP contribution in [-0.2, 0) is 9.53 Å². The van der Waals surface area contributed by atoms with Crippen LogP contribution in [0, 0.1) is 11.3 Å². The van der Waals surface area contributed by atoms with E-state index in [1.54, 1.807) is 12.1 Å². The Labute approximate surface area is 140 Å². The summed E-state index contributed by atoms with van der Waals surface area (Å²) in [5, 5.41) is 18.7. The minimum Gasteiger partial charge on any atom is -0.479 e. The lowest BCUT2D eigenvalue weighted by atomic mass is 10.1. The van der Waals surface area contributed by atoms with Gasteiger partial charge >= 0.3 is 12.1 Å². The van der Waals surface area contributed by atoms with Crippen LogP contribution >= 0.6 is 0 Å². The molecule has 1 aliphatic rings. The normalized spacial score (nSPS) is 21.1. The third-order valence-corrected chi connectivity index (χ3v) is 3.95. The lowest BCUT2D eigenvalue weighted by Crippen LogP contribution is -2.55. The number of pyridine rings is 1. The van der Waals surface area contributed by atoms with Crippen molar-refractivity contribution in [3.8, 4) is 6.07 Å². The molecular weight excluding hydrogens is 339 g/mol. The molecule has 130 valence electrons. The molecule has 3 rings (SSSR count). The highest BCUT2D eigenvalue weighted by Crippen LogP contribution is 2.34. The molecule has 0 radical (unpaired) electrons. The molecule has 1 fully saturated rings. The second-order valence-electron chi connectivity index (χ2n) is 5.54. The smallest absolute Gasteiger partial charge is 0.416 e. The molecule has 1 aromatic heterocycles. The average Bonchev–Trinajstić information content (AvgIpc) is 2.59. The number of carbonyl (C=O) groups is 1. The number of ether oxygens (including phenoxy) is 1. The minimum atomic E-state index is -4.69. The Morgan fingerprint density at radius 2 is 2.12 bits per heavy atom. The lowest BCUT2D eigenvalue weighted by Gasteiger charge is -2.38. The van der Waals surface area contributed by atoms with Crippen LogP contribution in [0.5, 0.6) is 0 Å². The van der Waals surface area contributed by atoms with Crippen molar-refractivity contribution in [2.75, 3.05) is 18.0 Å². The molecule has 2 unspecified atom stereocenters. The van der Waals surface area contributed by atoms with Crippen molar-refractivity contribution >= 4 is 22.6 Å². The van der Waals surface area contributed by atoms with Crippen LogP contribution in [0.1, 0.15) is 5.56 Å². The SMILES string of the molecule is N#Cc1ccc(N2CC(C(=O)O)OC(C(F)(F)F)C2)c2cccnc12. The molecule has 6 nitrogen and oxygen atoms in total. The Bertz CT molecular complexity index is 863. The summed E-state index contributed by atoms with van der Waals surface area (Å²) in [6.45, 7) is -0.777. The first-order valence-corrected chi connectivity index (χ1v) is 7.29. The average molecular weight is 351 g/mol. The van der Waals surface area contributed by atoms with Crippen LogP contribution in [0.2, 0.25) is 0 Å². The van der Waals surface area contributed by atoms with Gasteiger partial charge in [0.15, 0.2) is 12.2 Å². The lowest BCUT2D eigenvalue weighted by molar-refractivity contribution is -0.236. The molecule has 0 spiro atoms. The highest BCUT2D eigenvalue weighted by Gasteiger charge is 2.47. The van der Waals surface area contributed by atoms with Crippen LogP contribution in [-0.4, -0.2) is 47.5 Å². The summed E-state index contributed by atoms with van der Waals surface area (Å²) >= 11 is 0. The Balaban J connectivity index is 2.07. The van der Waals surface area contributed by atoms with E-state index in [2.05, 4.69) is 9.72 Å². The number of carboxylic acids is 1. The number of rotatable bonds is 2. The van der Waals surface area contributed by atoms with Crippen molar-refractivity contribution in [1.29, 1.82) is 5.26 Å². The first-order chi connectivity index (χ1) is 11.8. The molecule has 1 aliphatic heterocycles. The van der Waals surface area contributed by atoms with Crippen LogP contribution in [0.4, 0.5) is 18.9 Å². The van der Waals surface area contributed by atoms with Crippen molar-refractivity contribution in [3.63, 3.8) is 0 Å². The zero-order valence-corrected chi connectivity index (χ0v) is 12.7. The van der Waals surface area contributed by atoms with Gasteiger partial charge in [-0.3, -0.25) is 4.98 Å². The van der Waals surface area contributed by atoms with Crippen molar-refractivity contribution in [1.82, 2.24) is 4.98 Å². The van der Waals surface area contributed by atoms with Gasteiger partial charge in [0.25, 0.3) is 0 Å². The second-order valence-corrected chi connectivity index (χ2v) is 5.54. The van der Waals surface area contributed by atoms with Gasteiger partial charge in [0, 0.05) is 17.3 Å². The van der Waals surface area contributed by atoms with E-state index >= 15 is 0 Å². The van der Waals surface area contributed by atoms with Crippen molar-refractivity contribution < 1.29 is 27.8 Å². The number of aliphatic carboxylic acids is 1.